The van der Waals surface area contributed by atoms with E-state index in [1.807, 2.05) is 46.7 Å². The average Bonchev–Trinajstić information content (AvgIpc) is 3.00. The maximum atomic E-state index is 12.4. The molecule has 0 spiro atoms. The van der Waals surface area contributed by atoms with Crippen LogP contribution in [0.2, 0.25) is 0 Å². The standard InChI is InChI=1S/C16H20N2O2S/c1-3-9-18(12-15-8-5-10-21-15)16(19)17-13-6-4-7-14(11-13)20-2/h4-8,10-11H,3,9,12H2,1-2H3,(H,17,19). The number of urea groups is 1. The van der Waals surface area contributed by atoms with Crippen LogP contribution in [0.15, 0.2) is 41.8 Å². The van der Waals surface area contributed by atoms with Crippen molar-refractivity contribution in [2.75, 3.05) is 19.0 Å². The van der Waals surface area contributed by atoms with Crippen molar-refractivity contribution in [2.24, 2.45) is 0 Å². The first-order valence-corrected chi connectivity index (χ1v) is 7.83. The summed E-state index contributed by atoms with van der Waals surface area (Å²) in [5.74, 6) is 0.730. The van der Waals surface area contributed by atoms with Gasteiger partial charge >= 0.3 is 6.03 Å². The summed E-state index contributed by atoms with van der Waals surface area (Å²) in [7, 11) is 1.61. The van der Waals surface area contributed by atoms with Crippen LogP contribution in [0.4, 0.5) is 10.5 Å². The Hall–Kier alpha value is -2.01. The first kappa shape index (κ1) is 15.4. The summed E-state index contributed by atoms with van der Waals surface area (Å²) in [6, 6.07) is 11.3. The minimum Gasteiger partial charge on any atom is -0.497 e. The van der Waals surface area contributed by atoms with Crippen LogP contribution in [0.25, 0.3) is 0 Å². The van der Waals surface area contributed by atoms with Crippen molar-refractivity contribution in [3.8, 4) is 5.75 Å². The highest BCUT2D eigenvalue weighted by Crippen LogP contribution is 2.18. The molecule has 2 aromatic rings. The summed E-state index contributed by atoms with van der Waals surface area (Å²) in [5, 5.41) is 4.95. The highest BCUT2D eigenvalue weighted by molar-refractivity contribution is 7.09. The quantitative estimate of drug-likeness (QED) is 0.869. The molecule has 1 N–H and O–H groups in total. The van der Waals surface area contributed by atoms with Gasteiger partial charge in [0.15, 0.2) is 0 Å². The number of hydrogen-bond acceptors (Lipinski definition) is 3. The zero-order chi connectivity index (χ0) is 15.1. The molecule has 1 heterocycles. The molecule has 0 bridgehead atoms. The zero-order valence-electron chi connectivity index (χ0n) is 12.3. The van der Waals surface area contributed by atoms with E-state index >= 15 is 0 Å². The van der Waals surface area contributed by atoms with Crippen LogP contribution in [-0.2, 0) is 6.54 Å². The number of anilines is 1. The molecule has 112 valence electrons. The molecular weight excluding hydrogens is 284 g/mol. The molecule has 0 radical (unpaired) electrons. The Labute approximate surface area is 129 Å². The van der Waals surface area contributed by atoms with Crippen molar-refractivity contribution in [1.82, 2.24) is 4.90 Å². The Bertz CT molecular complexity index is 569. The maximum Gasteiger partial charge on any atom is 0.322 e. The number of hydrogen-bond donors (Lipinski definition) is 1. The number of carbonyl (C=O) groups excluding carboxylic acids is 1. The Morgan fingerprint density at radius 1 is 1.33 bits per heavy atom. The topological polar surface area (TPSA) is 41.6 Å². The van der Waals surface area contributed by atoms with Crippen molar-refractivity contribution < 1.29 is 9.53 Å². The van der Waals surface area contributed by atoms with Crippen molar-refractivity contribution in [1.29, 1.82) is 0 Å². The number of amides is 2. The van der Waals surface area contributed by atoms with Gasteiger partial charge in [0, 0.05) is 23.2 Å². The van der Waals surface area contributed by atoms with Gasteiger partial charge in [0.2, 0.25) is 0 Å². The molecule has 5 heteroatoms. The molecule has 0 aliphatic heterocycles. The van der Waals surface area contributed by atoms with E-state index < -0.39 is 0 Å². The molecule has 2 amide bonds. The molecule has 2 rings (SSSR count). The number of nitrogens with one attached hydrogen (secondary N) is 1. The van der Waals surface area contributed by atoms with Crippen LogP contribution in [0.5, 0.6) is 5.75 Å². The monoisotopic (exact) mass is 304 g/mol. The van der Waals surface area contributed by atoms with Crippen molar-refractivity contribution in [3.05, 3.63) is 46.7 Å². The van der Waals surface area contributed by atoms with E-state index in [9.17, 15) is 4.79 Å². The SMILES string of the molecule is CCCN(Cc1cccs1)C(=O)Nc1cccc(OC)c1. The van der Waals surface area contributed by atoms with E-state index in [0.717, 1.165) is 24.4 Å². The third-order valence-electron chi connectivity index (χ3n) is 3.03. The van der Waals surface area contributed by atoms with Gasteiger partial charge in [-0.25, -0.2) is 4.79 Å². The fraction of sp³-hybridized carbons (Fsp3) is 0.312. The first-order valence-electron chi connectivity index (χ1n) is 6.95. The second-order valence-electron chi connectivity index (χ2n) is 4.66. The Balaban J connectivity index is 2.03. The van der Waals surface area contributed by atoms with Gasteiger partial charge in [0.05, 0.1) is 13.7 Å². The number of carbonyl (C=O) groups is 1. The van der Waals surface area contributed by atoms with Gasteiger partial charge in [-0.15, -0.1) is 11.3 Å². The minimum atomic E-state index is -0.0847. The van der Waals surface area contributed by atoms with Crippen LogP contribution >= 0.6 is 11.3 Å². The number of nitrogens with zero attached hydrogens (tertiary/aromatic N) is 1. The highest BCUT2D eigenvalue weighted by atomic mass is 32.1. The van der Waals surface area contributed by atoms with Crippen LogP contribution in [0, 0.1) is 0 Å². The van der Waals surface area contributed by atoms with Gasteiger partial charge in [-0.05, 0) is 30.0 Å². The molecule has 4 nitrogen and oxygen atoms in total. The summed E-state index contributed by atoms with van der Waals surface area (Å²) in [4.78, 5) is 15.4. The lowest BCUT2D eigenvalue weighted by Gasteiger charge is -2.22. The summed E-state index contributed by atoms with van der Waals surface area (Å²) in [6.07, 6.45) is 0.927. The fourth-order valence-electron chi connectivity index (χ4n) is 2.02. The maximum absolute atomic E-state index is 12.4. The van der Waals surface area contributed by atoms with Crippen molar-refractivity contribution >= 4 is 23.1 Å². The normalized spacial score (nSPS) is 10.2. The highest BCUT2D eigenvalue weighted by Gasteiger charge is 2.14. The molecule has 0 aliphatic rings. The van der Waals surface area contributed by atoms with Crippen LogP contribution in [-0.4, -0.2) is 24.6 Å². The Kier molecular flexibility index (Phi) is 5.63. The predicted molar refractivity (Wildman–Crippen MR) is 87.0 cm³/mol. The van der Waals surface area contributed by atoms with E-state index in [1.54, 1.807) is 18.4 Å². The van der Waals surface area contributed by atoms with Gasteiger partial charge in [-0.3, -0.25) is 0 Å². The average molecular weight is 304 g/mol. The number of thiophene rings is 1. The van der Waals surface area contributed by atoms with E-state index in [4.69, 9.17) is 4.74 Å². The smallest absolute Gasteiger partial charge is 0.322 e. The molecule has 0 saturated carbocycles. The largest absolute Gasteiger partial charge is 0.497 e. The summed E-state index contributed by atoms with van der Waals surface area (Å²) in [5.41, 5.74) is 0.742. The Morgan fingerprint density at radius 2 is 2.19 bits per heavy atom. The zero-order valence-corrected chi connectivity index (χ0v) is 13.2. The fourth-order valence-corrected chi connectivity index (χ4v) is 2.74. The van der Waals surface area contributed by atoms with Crippen LogP contribution in [0.3, 0.4) is 0 Å². The number of rotatable bonds is 6. The van der Waals surface area contributed by atoms with Crippen molar-refractivity contribution in [3.63, 3.8) is 0 Å². The molecule has 0 aliphatic carbocycles. The molecule has 0 fully saturated rings. The first-order chi connectivity index (χ1) is 10.2. The summed E-state index contributed by atoms with van der Waals surface area (Å²) < 4.78 is 5.17. The molecule has 1 aromatic heterocycles. The number of ether oxygens (including phenoxy) is 1. The summed E-state index contributed by atoms with van der Waals surface area (Å²) >= 11 is 1.67. The molecule has 21 heavy (non-hydrogen) atoms. The van der Waals surface area contributed by atoms with Crippen LogP contribution in [0.1, 0.15) is 18.2 Å². The second kappa shape index (κ2) is 7.69. The number of benzene rings is 1. The van der Waals surface area contributed by atoms with Crippen molar-refractivity contribution in [2.45, 2.75) is 19.9 Å². The lowest BCUT2D eigenvalue weighted by Crippen LogP contribution is -2.34. The van der Waals surface area contributed by atoms with Crippen LogP contribution < -0.4 is 10.1 Å². The van der Waals surface area contributed by atoms with E-state index in [0.29, 0.717) is 6.54 Å². The third kappa shape index (κ3) is 4.49. The predicted octanol–water partition coefficient (Wildman–Crippen LogP) is 4.20. The molecular formula is C16H20N2O2S. The number of methoxy groups -OCH3 is 1. The van der Waals surface area contributed by atoms with E-state index in [-0.39, 0.29) is 6.03 Å². The third-order valence-corrected chi connectivity index (χ3v) is 3.89. The van der Waals surface area contributed by atoms with E-state index in [2.05, 4.69) is 12.2 Å². The van der Waals surface area contributed by atoms with Gasteiger partial charge in [0.1, 0.15) is 5.75 Å². The van der Waals surface area contributed by atoms with Gasteiger partial charge in [0.25, 0.3) is 0 Å². The summed E-state index contributed by atoms with van der Waals surface area (Å²) in [6.45, 7) is 3.44. The molecule has 0 saturated heterocycles. The molecule has 0 unspecified atom stereocenters. The lowest BCUT2D eigenvalue weighted by atomic mass is 10.3. The van der Waals surface area contributed by atoms with Gasteiger partial charge in [-0.1, -0.05) is 19.1 Å². The van der Waals surface area contributed by atoms with E-state index in [1.165, 1.54) is 4.88 Å². The second-order valence-corrected chi connectivity index (χ2v) is 5.70. The minimum absolute atomic E-state index is 0.0847. The molecule has 1 aromatic carbocycles. The Morgan fingerprint density at radius 3 is 2.86 bits per heavy atom. The van der Waals surface area contributed by atoms with Gasteiger partial charge in [-0.2, -0.15) is 0 Å². The molecule has 0 atom stereocenters. The van der Waals surface area contributed by atoms with Gasteiger partial charge < -0.3 is 15.0 Å². The lowest BCUT2D eigenvalue weighted by molar-refractivity contribution is 0.209.